The summed E-state index contributed by atoms with van der Waals surface area (Å²) >= 11 is 0. The molecule has 6 heteroatoms. The van der Waals surface area contributed by atoms with E-state index in [4.69, 9.17) is 0 Å². The maximum absolute atomic E-state index is 12.1. The van der Waals surface area contributed by atoms with E-state index in [9.17, 15) is 4.79 Å². The Bertz CT molecular complexity index is 867. The highest BCUT2D eigenvalue weighted by Gasteiger charge is 2.34. The minimum atomic E-state index is -0.208. The van der Waals surface area contributed by atoms with Crippen LogP contribution in [0.1, 0.15) is 53.9 Å². The predicted octanol–water partition coefficient (Wildman–Crippen LogP) is 1.69. The van der Waals surface area contributed by atoms with E-state index in [1.54, 1.807) is 6.20 Å². The third-order valence-electron chi connectivity index (χ3n) is 4.89. The lowest BCUT2D eigenvalue weighted by atomic mass is 9.85. The lowest BCUT2D eigenvalue weighted by molar-refractivity contribution is 0.295. The fourth-order valence-electron chi connectivity index (χ4n) is 3.59. The van der Waals surface area contributed by atoms with E-state index in [0.717, 1.165) is 24.5 Å². The van der Waals surface area contributed by atoms with Crippen molar-refractivity contribution in [2.24, 2.45) is 10.5 Å². The first-order valence-corrected chi connectivity index (χ1v) is 9.48. The number of nitrogens with one attached hydrogen (secondary N) is 2. The van der Waals surface area contributed by atoms with Crippen molar-refractivity contribution in [2.75, 3.05) is 13.1 Å². The number of aromatic amines is 1. The van der Waals surface area contributed by atoms with Gasteiger partial charge < -0.3 is 9.88 Å². The summed E-state index contributed by atoms with van der Waals surface area (Å²) in [4.78, 5) is 21.2. The average Bonchev–Trinajstić information content (AvgIpc) is 3.00. The largest absolute Gasteiger partial charge is 0.369 e. The van der Waals surface area contributed by atoms with Crippen LogP contribution in [0.4, 0.5) is 0 Å². The average molecular weight is 358 g/mol. The van der Waals surface area contributed by atoms with Crippen LogP contribution in [0, 0.1) is 5.41 Å². The summed E-state index contributed by atoms with van der Waals surface area (Å²) in [6, 6.07) is 0. The molecular formula is C20H31N5O. The number of likely N-dealkylation sites (tertiary alicyclic amines) is 1. The smallest absolute Gasteiger partial charge is 0.260 e. The molecule has 26 heavy (non-hydrogen) atoms. The van der Waals surface area contributed by atoms with Gasteiger partial charge in [0.05, 0.1) is 22.3 Å². The highest BCUT2D eigenvalue weighted by molar-refractivity contribution is 6.00. The minimum absolute atomic E-state index is 0.208. The molecule has 1 saturated heterocycles. The molecule has 0 aliphatic carbocycles. The van der Waals surface area contributed by atoms with Gasteiger partial charge in [0.2, 0.25) is 0 Å². The molecule has 1 fully saturated rings. The van der Waals surface area contributed by atoms with E-state index in [1.165, 1.54) is 19.3 Å². The Kier molecular flexibility index (Phi) is 6.40. The first-order chi connectivity index (χ1) is 12.4. The van der Waals surface area contributed by atoms with E-state index >= 15 is 0 Å². The number of rotatable bonds is 3. The van der Waals surface area contributed by atoms with Gasteiger partial charge in [0.25, 0.3) is 5.56 Å². The number of H-pyrrole nitrogens is 1. The summed E-state index contributed by atoms with van der Waals surface area (Å²) < 4.78 is 0. The van der Waals surface area contributed by atoms with Gasteiger partial charge in [-0.05, 0) is 31.3 Å². The molecule has 3 heterocycles. The predicted molar refractivity (Wildman–Crippen MR) is 108 cm³/mol. The van der Waals surface area contributed by atoms with Crippen LogP contribution in [0.3, 0.4) is 0 Å². The fraction of sp³-hybridized carbons (Fsp3) is 0.550. The zero-order chi connectivity index (χ0) is 19.3. The summed E-state index contributed by atoms with van der Waals surface area (Å²) in [6.07, 6.45) is 7.17. The van der Waals surface area contributed by atoms with Crippen molar-refractivity contribution < 1.29 is 0 Å². The third kappa shape index (κ3) is 4.23. The van der Waals surface area contributed by atoms with Crippen molar-refractivity contribution >= 4 is 18.0 Å². The Hall–Kier alpha value is -2.37. The van der Waals surface area contributed by atoms with Crippen LogP contribution >= 0.6 is 0 Å². The zero-order valence-corrected chi connectivity index (χ0v) is 16.6. The van der Waals surface area contributed by atoms with Crippen LogP contribution in [0.15, 0.2) is 27.9 Å². The Morgan fingerprint density at radius 3 is 2.77 bits per heavy atom. The Morgan fingerprint density at radius 2 is 2.12 bits per heavy atom. The molecule has 2 N–H and O–H groups in total. The van der Waals surface area contributed by atoms with Gasteiger partial charge in [0.1, 0.15) is 5.48 Å². The van der Waals surface area contributed by atoms with Gasteiger partial charge >= 0.3 is 0 Å². The minimum Gasteiger partial charge on any atom is -0.369 e. The second-order valence-electron chi connectivity index (χ2n) is 7.06. The van der Waals surface area contributed by atoms with E-state index in [1.807, 2.05) is 26.8 Å². The molecule has 1 atom stereocenters. The molecule has 1 aromatic heterocycles. The van der Waals surface area contributed by atoms with Crippen LogP contribution in [0.5, 0.6) is 0 Å². The molecule has 142 valence electrons. The third-order valence-corrected chi connectivity index (χ3v) is 4.89. The molecule has 0 amide bonds. The van der Waals surface area contributed by atoms with Crippen molar-refractivity contribution in [3.63, 3.8) is 0 Å². The Balaban J connectivity index is 0.00000117. The molecule has 0 radical (unpaired) electrons. The van der Waals surface area contributed by atoms with Crippen molar-refractivity contribution in [1.82, 2.24) is 20.3 Å². The summed E-state index contributed by atoms with van der Waals surface area (Å²) in [7, 11) is 0. The SMILES string of the molecule is C=c1nc/c(=C2/C=C(N3CCC(C)(CCC)C3)C(C)=NN2)c(=O)[nH]1.CC. The standard InChI is InChI=1S/C18H25N5O.C2H6/c1-5-6-18(4)7-8-23(11-18)16-9-15(22-21-12(16)2)14-10-19-13(3)20-17(14)24;1-2/h9-10,22H,3,5-8,11H2,1-2,4H3,(H,20,24);1-2H3/b15-14+;. The number of nitrogens with zero attached hydrogens (tertiary/aromatic N) is 3. The second kappa shape index (κ2) is 8.34. The monoisotopic (exact) mass is 357 g/mol. The number of aromatic nitrogens is 2. The van der Waals surface area contributed by atoms with Gasteiger partial charge in [-0.1, -0.05) is 40.7 Å². The van der Waals surface area contributed by atoms with Crippen LogP contribution in [-0.4, -0.2) is 33.7 Å². The van der Waals surface area contributed by atoms with E-state index in [-0.39, 0.29) is 5.56 Å². The topological polar surface area (TPSA) is 73.4 Å². The Morgan fingerprint density at radius 1 is 1.38 bits per heavy atom. The van der Waals surface area contributed by atoms with Crippen LogP contribution in [0.2, 0.25) is 0 Å². The summed E-state index contributed by atoms with van der Waals surface area (Å²) in [5, 5.41) is 4.87. The molecule has 1 aromatic rings. The maximum Gasteiger partial charge on any atom is 0.260 e. The molecule has 2 aliphatic rings. The molecule has 0 saturated carbocycles. The summed E-state index contributed by atoms with van der Waals surface area (Å²) in [5.41, 5.74) is 6.18. The van der Waals surface area contributed by atoms with Crippen LogP contribution < -0.4 is 21.7 Å². The van der Waals surface area contributed by atoms with Crippen LogP contribution in [0.25, 0.3) is 12.3 Å². The zero-order valence-electron chi connectivity index (χ0n) is 16.6. The highest BCUT2D eigenvalue weighted by Crippen LogP contribution is 2.36. The van der Waals surface area contributed by atoms with Gasteiger partial charge in [-0.2, -0.15) is 5.10 Å². The van der Waals surface area contributed by atoms with Crippen LogP contribution in [-0.2, 0) is 0 Å². The molecule has 0 bridgehead atoms. The lowest BCUT2D eigenvalue weighted by Crippen LogP contribution is -2.39. The van der Waals surface area contributed by atoms with E-state index < -0.39 is 0 Å². The van der Waals surface area contributed by atoms with E-state index in [2.05, 4.69) is 45.8 Å². The normalized spacial score (nSPS) is 24.3. The van der Waals surface area contributed by atoms with E-state index in [0.29, 0.717) is 21.8 Å². The first kappa shape index (κ1) is 19.9. The number of allylic oxidation sites excluding steroid dienone is 1. The molecule has 6 nitrogen and oxygen atoms in total. The molecule has 1 unspecified atom stereocenters. The number of hydrogen-bond donors (Lipinski definition) is 2. The fourth-order valence-corrected chi connectivity index (χ4v) is 3.59. The quantitative estimate of drug-likeness (QED) is 0.863. The van der Waals surface area contributed by atoms with Crippen molar-refractivity contribution in [3.8, 4) is 0 Å². The molecule has 3 rings (SSSR count). The summed E-state index contributed by atoms with van der Waals surface area (Å²) in [5.74, 6) is 0. The van der Waals surface area contributed by atoms with Gasteiger partial charge in [0, 0.05) is 19.3 Å². The number of hydrazone groups is 1. The molecule has 2 aliphatic heterocycles. The first-order valence-electron chi connectivity index (χ1n) is 9.48. The lowest BCUT2D eigenvalue weighted by Gasteiger charge is -2.28. The molecule has 0 spiro atoms. The van der Waals surface area contributed by atoms with Crippen molar-refractivity contribution in [2.45, 2.75) is 53.9 Å². The molecule has 0 aromatic carbocycles. The maximum atomic E-state index is 12.1. The highest BCUT2D eigenvalue weighted by atomic mass is 16.1. The van der Waals surface area contributed by atoms with Gasteiger partial charge in [-0.25, -0.2) is 4.98 Å². The van der Waals surface area contributed by atoms with Crippen molar-refractivity contribution in [1.29, 1.82) is 0 Å². The molecular weight excluding hydrogens is 326 g/mol. The van der Waals surface area contributed by atoms with Gasteiger partial charge in [0.15, 0.2) is 0 Å². The number of hydrogen-bond acceptors (Lipinski definition) is 5. The summed E-state index contributed by atoms with van der Waals surface area (Å²) in [6.45, 7) is 16.3. The van der Waals surface area contributed by atoms with Gasteiger partial charge in [-0.15, -0.1) is 0 Å². The van der Waals surface area contributed by atoms with Crippen molar-refractivity contribution in [3.05, 3.63) is 39.0 Å². The van der Waals surface area contributed by atoms with Gasteiger partial charge in [-0.3, -0.25) is 10.2 Å². The second-order valence-corrected chi connectivity index (χ2v) is 7.06. The Labute approximate surface area is 155 Å².